The van der Waals surface area contributed by atoms with E-state index in [0.717, 1.165) is 4.47 Å². The van der Waals surface area contributed by atoms with Gasteiger partial charge in [0, 0.05) is 10.7 Å². The molecule has 0 aliphatic heterocycles. The van der Waals surface area contributed by atoms with Gasteiger partial charge in [0.2, 0.25) is 0 Å². The van der Waals surface area contributed by atoms with Crippen LogP contribution in [0.2, 0.25) is 0 Å². The second-order valence-electron chi connectivity index (χ2n) is 3.48. The van der Waals surface area contributed by atoms with Gasteiger partial charge in [-0.1, -0.05) is 0 Å². The molecule has 2 aromatic rings. The predicted octanol–water partition coefficient (Wildman–Crippen LogP) is 1.50. The second kappa shape index (κ2) is 5.59. The molecule has 0 bridgehead atoms. The SMILES string of the molecule is NNc1cnc(Cn2cc(Br)cc(Br)c2=O)cn1. The molecule has 0 aliphatic rings. The van der Waals surface area contributed by atoms with E-state index < -0.39 is 0 Å². The third kappa shape index (κ3) is 2.95. The van der Waals surface area contributed by atoms with Gasteiger partial charge in [-0.15, -0.1) is 0 Å². The number of nitrogen functional groups attached to an aromatic ring is 1. The zero-order chi connectivity index (χ0) is 13.1. The predicted molar refractivity (Wildman–Crippen MR) is 75.0 cm³/mol. The summed E-state index contributed by atoms with van der Waals surface area (Å²) in [4.78, 5) is 20.0. The number of aromatic nitrogens is 3. The first kappa shape index (κ1) is 13.2. The van der Waals surface area contributed by atoms with Gasteiger partial charge in [0.25, 0.3) is 5.56 Å². The molecule has 0 aliphatic carbocycles. The topological polar surface area (TPSA) is 85.8 Å². The molecule has 6 nitrogen and oxygen atoms in total. The van der Waals surface area contributed by atoms with Crippen molar-refractivity contribution in [1.29, 1.82) is 0 Å². The number of rotatable bonds is 3. The summed E-state index contributed by atoms with van der Waals surface area (Å²) in [5.41, 5.74) is 2.93. The summed E-state index contributed by atoms with van der Waals surface area (Å²) in [5, 5.41) is 0. The van der Waals surface area contributed by atoms with Crippen LogP contribution in [0.15, 0.2) is 38.4 Å². The van der Waals surface area contributed by atoms with Crippen LogP contribution in [-0.4, -0.2) is 14.5 Å². The van der Waals surface area contributed by atoms with Crippen LogP contribution >= 0.6 is 31.9 Å². The molecule has 0 saturated heterocycles. The fraction of sp³-hybridized carbons (Fsp3) is 0.100. The number of halogens is 2. The minimum atomic E-state index is -0.124. The maximum atomic E-state index is 11.9. The van der Waals surface area contributed by atoms with Gasteiger partial charge in [-0.3, -0.25) is 9.78 Å². The van der Waals surface area contributed by atoms with Crippen LogP contribution in [0.3, 0.4) is 0 Å². The fourth-order valence-corrected chi connectivity index (χ4v) is 2.63. The Bertz CT molecular complexity index is 611. The lowest BCUT2D eigenvalue weighted by Crippen LogP contribution is -2.21. The van der Waals surface area contributed by atoms with E-state index in [-0.39, 0.29) is 5.56 Å². The Balaban J connectivity index is 2.31. The largest absolute Gasteiger partial charge is 0.307 e. The molecule has 3 N–H and O–H groups in total. The highest BCUT2D eigenvalue weighted by Crippen LogP contribution is 2.13. The van der Waals surface area contributed by atoms with Crippen molar-refractivity contribution in [2.75, 3.05) is 5.43 Å². The third-order valence-electron chi connectivity index (χ3n) is 2.19. The Hall–Kier alpha value is -1.25. The number of hydrazine groups is 1. The number of pyridine rings is 1. The van der Waals surface area contributed by atoms with Crippen molar-refractivity contribution in [2.45, 2.75) is 6.54 Å². The van der Waals surface area contributed by atoms with E-state index in [1.54, 1.807) is 18.5 Å². The zero-order valence-corrected chi connectivity index (χ0v) is 12.3. The van der Waals surface area contributed by atoms with E-state index >= 15 is 0 Å². The monoisotopic (exact) mass is 373 g/mol. The van der Waals surface area contributed by atoms with Gasteiger partial charge in [-0.05, 0) is 37.9 Å². The lowest BCUT2D eigenvalue weighted by molar-refractivity contribution is 0.728. The number of nitrogens with zero attached hydrogens (tertiary/aromatic N) is 3. The summed E-state index contributed by atoms with van der Waals surface area (Å²) in [6.45, 7) is 0.342. The summed E-state index contributed by atoms with van der Waals surface area (Å²) in [5.74, 6) is 5.67. The van der Waals surface area contributed by atoms with Crippen molar-refractivity contribution in [3.05, 3.63) is 49.7 Å². The summed E-state index contributed by atoms with van der Waals surface area (Å²) in [7, 11) is 0. The Kier molecular flexibility index (Phi) is 4.10. The van der Waals surface area contributed by atoms with E-state index in [9.17, 15) is 4.79 Å². The lowest BCUT2D eigenvalue weighted by Gasteiger charge is -2.07. The van der Waals surface area contributed by atoms with Crippen molar-refractivity contribution < 1.29 is 0 Å². The smallest absolute Gasteiger partial charge is 0.265 e. The van der Waals surface area contributed by atoms with Crippen LogP contribution in [0.4, 0.5) is 5.82 Å². The molecule has 0 radical (unpaired) electrons. The molecule has 0 unspecified atom stereocenters. The summed E-state index contributed by atoms with van der Waals surface area (Å²) in [6.07, 6.45) is 4.77. The zero-order valence-electron chi connectivity index (χ0n) is 9.10. The Morgan fingerprint density at radius 2 is 2.11 bits per heavy atom. The van der Waals surface area contributed by atoms with Crippen LogP contribution in [-0.2, 0) is 6.54 Å². The second-order valence-corrected chi connectivity index (χ2v) is 5.25. The van der Waals surface area contributed by atoms with Crippen molar-refractivity contribution in [3.8, 4) is 0 Å². The van der Waals surface area contributed by atoms with Crippen molar-refractivity contribution >= 4 is 37.7 Å². The van der Waals surface area contributed by atoms with Gasteiger partial charge in [0.05, 0.1) is 29.1 Å². The molecule has 0 fully saturated rings. The van der Waals surface area contributed by atoms with Crippen molar-refractivity contribution in [2.24, 2.45) is 5.84 Å². The molecule has 8 heteroatoms. The quantitative estimate of drug-likeness (QED) is 0.628. The van der Waals surface area contributed by atoms with Gasteiger partial charge in [0.1, 0.15) is 0 Å². The number of nitrogens with two attached hydrogens (primary N) is 1. The van der Waals surface area contributed by atoms with Crippen LogP contribution in [0.25, 0.3) is 0 Å². The number of nitrogens with one attached hydrogen (secondary N) is 1. The molecular formula is C10H9Br2N5O. The van der Waals surface area contributed by atoms with Crippen molar-refractivity contribution in [3.63, 3.8) is 0 Å². The minimum absolute atomic E-state index is 0.124. The van der Waals surface area contributed by atoms with E-state index in [0.29, 0.717) is 22.5 Å². The fourth-order valence-electron chi connectivity index (χ4n) is 1.37. The summed E-state index contributed by atoms with van der Waals surface area (Å²) in [6, 6.07) is 1.70. The molecule has 0 aromatic carbocycles. The Labute approximate surface area is 119 Å². The maximum absolute atomic E-state index is 11.9. The number of anilines is 1. The van der Waals surface area contributed by atoms with Crippen LogP contribution in [0.5, 0.6) is 0 Å². The molecular weight excluding hydrogens is 366 g/mol. The van der Waals surface area contributed by atoms with E-state index in [4.69, 9.17) is 5.84 Å². The van der Waals surface area contributed by atoms with E-state index in [1.165, 1.54) is 10.8 Å². The molecule has 2 rings (SSSR count). The van der Waals surface area contributed by atoms with Gasteiger partial charge in [0.15, 0.2) is 5.82 Å². The lowest BCUT2D eigenvalue weighted by atomic mass is 10.4. The highest BCUT2D eigenvalue weighted by molar-refractivity contribution is 9.11. The average Bonchev–Trinajstić information content (AvgIpc) is 2.36. The Morgan fingerprint density at radius 3 is 2.72 bits per heavy atom. The standard InChI is InChI=1S/C10H9Br2N5O/c11-6-1-8(12)10(18)17(4-6)5-7-2-15-9(16-13)3-14-7/h1-4H,5,13H2,(H,15,16). The highest BCUT2D eigenvalue weighted by Gasteiger charge is 2.05. The molecule has 0 saturated carbocycles. The molecule has 18 heavy (non-hydrogen) atoms. The molecule has 2 aromatic heterocycles. The number of hydrogen-bond donors (Lipinski definition) is 2. The Morgan fingerprint density at radius 1 is 1.33 bits per heavy atom. The first-order valence-corrected chi connectivity index (χ1v) is 6.52. The van der Waals surface area contributed by atoms with Crippen LogP contribution in [0.1, 0.15) is 5.69 Å². The summed E-state index contributed by atoms with van der Waals surface area (Å²) >= 11 is 6.54. The summed E-state index contributed by atoms with van der Waals surface area (Å²) < 4.78 is 2.83. The van der Waals surface area contributed by atoms with Crippen LogP contribution in [0, 0.1) is 0 Å². The van der Waals surface area contributed by atoms with Gasteiger partial charge < -0.3 is 9.99 Å². The van der Waals surface area contributed by atoms with Crippen LogP contribution < -0.4 is 16.8 Å². The first-order valence-electron chi connectivity index (χ1n) is 4.93. The normalized spacial score (nSPS) is 10.4. The van der Waals surface area contributed by atoms with Gasteiger partial charge in [-0.25, -0.2) is 10.8 Å². The maximum Gasteiger partial charge on any atom is 0.265 e. The van der Waals surface area contributed by atoms with Gasteiger partial charge >= 0.3 is 0 Å². The molecule has 0 amide bonds. The molecule has 2 heterocycles. The highest BCUT2D eigenvalue weighted by atomic mass is 79.9. The molecule has 94 valence electrons. The average molecular weight is 375 g/mol. The third-order valence-corrected chi connectivity index (χ3v) is 3.20. The minimum Gasteiger partial charge on any atom is -0.307 e. The number of hydrogen-bond acceptors (Lipinski definition) is 5. The molecule has 0 atom stereocenters. The van der Waals surface area contributed by atoms with Crippen molar-refractivity contribution in [1.82, 2.24) is 14.5 Å². The van der Waals surface area contributed by atoms with E-state index in [2.05, 4.69) is 47.3 Å². The molecule has 0 spiro atoms. The van der Waals surface area contributed by atoms with E-state index in [1.807, 2.05) is 0 Å². The van der Waals surface area contributed by atoms with Gasteiger partial charge in [-0.2, -0.15) is 0 Å². The first-order chi connectivity index (χ1) is 8.60.